The summed E-state index contributed by atoms with van der Waals surface area (Å²) >= 11 is 0. The van der Waals surface area contributed by atoms with Crippen LogP contribution in [0.25, 0.3) is 0 Å². The molecule has 0 radical (unpaired) electrons. The molecule has 108 valence electrons. The van der Waals surface area contributed by atoms with E-state index in [4.69, 9.17) is 9.47 Å². The van der Waals surface area contributed by atoms with Crippen LogP contribution in [0.5, 0.6) is 0 Å². The average molecular weight is 280 g/mol. The first-order chi connectivity index (χ1) is 10.4. The zero-order valence-electron chi connectivity index (χ0n) is 12.1. The van der Waals surface area contributed by atoms with Crippen LogP contribution >= 0.6 is 0 Å². The molecule has 1 heterocycles. The van der Waals surface area contributed by atoms with Crippen molar-refractivity contribution in [3.05, 3.63) is 71.8 Å². The normalized spacial score (nSPS) is 27.2. The summed E-state index contributed by atoms with van der Waals surface area (Å²) in [5.41, 5.74) is 2.18. The second-order valence-electron chi connectivity index (χ2n) is 5.95. The molecule has 1 aliphatic carbocycles. The Morgan fingerprint density at radius 1 is 0.667 bits per heavy atom. The maximum absolute atomic E-state index is 6.50. The molecule has 0 spiro atoms. The SMILES string of the molecule is c1ccc(C2(c3ccccc3)O[C@H]3CCCC[C@H]3O2)cc1. The zero-order chi connectivity index (χ0) is 14.1. The second-order valence-corrected chi connectivity index (χ2v) is 5.95. The van der Waals surface area contributed by atoms with Crippen molar-refractivity contribution in [2.45, 2.75) is 43.7 Å². The standard InChI is InChI=1S/C19H20O2/c1-3-9-15(10-4-1)19(16-11-5-2-6-12-16)20-17-13-7-8-14-18(17)21-19/h1-6,9-12,17-18H,7-8,13-14H2/t17-,18+. The lowest BCUT2D eigenvalue weighted by molar-refractivity contribution is -0.150. The highest BCUT2D eigenvalue weighted by Gasteiger charge is 2.50. The highest BCUT2D eigenvalue weighted by molar-refractivity contribution is 5.35. The largest absolute Gasteiger partial charge is 0.336 e. The molecule has 0 amide bonds. The van der Waals surface area contributed by atoms with Crippen molar-refractivity contribution < 1.29 is 9.47 Å². The second kappa shape index (κ2) is 5.28. The van der Waals surface area contributed by atoms with Crippen LogP contribution in [0.4, 0.5) is 0 Å². The molecular formula is C19H20O2. The van der Waals surface area contributed by atoms with Crippen LogP contribution in [-0.4, -0.2) is 12.2 Å². The van der Waals surface area contributed by atoms with E-state index in [1.165, 1.54) is 12.8 Å². The molecule has 2 aliphatic rings. The molecule has 1 aliphatic heterocycles. The Labute approximate surface area is 125 Å². The summed E-state index contributed by atoms with van der Waals surface area (Å²) in [7, 11) is 0. The highest BCUT2D eigenvalue weighted by Crippen LogP contribution is 2.46. The van der Waals surface area contributed by atoms with Crippen molar-refractivity contribution in [3.8, 4) is 0 Å². The molecule has 2 nitrogen and oxygen atoms in total. The van der Waals surface area contributed by atoms with Gasteiger partial charge < -0.3 is 9.47 Å². The van der Waals surface area contributed by atoms with Gasteiger partial charge in [-0.05, 0) is 12.8 Å². The summed E-state index contributed by atoms with van der Waals surface area (Å²) < 4.78 is 13.0. The topological polar surface area (TPSA) is 18.5 Å². The minimum Gasteiger partial charge on any atom is -0.336 e. The summed E-state index contributed by atoms with van der Waals surface area (Å²) in [6.45, 7) is 0. The molecule has 2 heteroatoms. The Morgan fingerprint density at radius 2 is 1.10 bits per heavy atom. The van der Waals surface area contributed by atoms with E-state index < -0.39 is 5.79 Å². The van der Waals surface area contributed by atoms with Crippen LogP contribution in [0.1, 0.15) is 36.8 Å². The van der Waals surface area contributed by atoms with Crippen LogP contribution in [0.15, 0.2) is 60.7 Å². The molecule has 1 saturated carbocycles. The first kappa shape index (κ1) is 13.1. The quantitative estimate of drug-likeness (QED) is 0.819. The lowest BCUT2D eigenvalue weighted by Crippen LogP contribution is -2.29. The maximum atomic E-state index is 6.50. The van der Waals surface area contributed by atoms with E-state index in [9.17, 15) is 0 Å². The molecule has 0 aromatic heterocycles. The van der Waals surface area contributed by atoms with E-state index in [1.807, 2.05) is 12.1 Å². The number of fused-ring (bicyclic) bond motifs is 1. The van der Waals surface area contributed by atoms with Gasteiger partial charge in [0, 0.05) is 11.1 Å². The van der Waals surface area contributed by atoms with Gasteiger partial charge in [0.05, 0.1) is 12.2 Å². The zero-order valence-corrected chi connectivity index (χ0v) is 12.1. The molecular weight excluding hydrogens is 260 g/mol. The number of benzene rings is 2. The minimum atomic E-state index is -0.734. The summed E-state index contributed by atoms with van der Waals surface area (Å²) in [4.78, 5) is 0. The van der Waals surface area contributed by atoms with Gasteiger partial charge in [-0.15, -0.1) is 0 Å². The third-order valence-corrected chi connectivity index (χ3v) is 4.58. The van der Waals surface area contributed by atoms with Crippen LogP contribution in [0.2, 0.25) is 0 Å². The Kier molecular flexibility index (Phi) is 3.28. The van der Waals surface area contributed by atoms with Gasteiger partial charge in [-0.25, -0.2) is 0 Å². The number of hydrogen-bond donors (Lipinski definition) is 0. The smallest absolute Gasteiger partial charge is 0.223 e. The van der Waals surface area contributed by atoms with Crippen LogP contribution in [-0.2, 0) is 15.3 Å². The number of hydrogen-bond acceptors (Lipinski definition) is 2. The molecule has 0 unspecified atom stereocenters. The lowest BCUT2D eigenvalue weighted by Gasteiger charge is -2.29. The Hall–Kier alpha value is -1.64. The summed E-state index contributed by atoms with van der Waals surface area (Å²) in [6.07, 6.45) is 5.13. The van der Waals surface area contributed by atoms with Crippen LogP contribution in [0, 0.1) is 0 Å². The Balaban J connectivity index is 1.81. The molecule has 4 rings (SSSR count). The maximum Gasteiger partial charge on any atom is 0.223 e. The molecule has 2 aromatic carbocycles. The van der Waals surface area contributed by atoms with Crippen molar-refractivity contribution >= 4 is 0 Å². The molecule has 21 heavy (non-hydrogen) atoms. The van der Waals surface area contributed by atoms with E-state index >= 15 is 0 Å². The van der Waals surface area contributed by atoms with Gasteiger partial charge in [0.2, 0.25) is 5.79 Å². The van der Waals surface area contributed by atoms with E-state index in [2.05, 4.69) is 48.5 Å². The Morgan fingerprint density at radius 3 is 1.52 bits per heavy atom. The van der Waals surface area contributed by atoms with Crippen molar-refractivity contribution in [3.63, 3.8) is 0 Å². The molecule has 1 saturated heterocycles. The van der Waals surface area contributed by atoms with E-state index in [0.717, 1.165) is 24.0 Å². The van der Waals surface area contributed by atoms with Gasteiger partial charge in [0.15, 0.2) is 0 Å². The van der Waals surface area contributed by atoms with Crippen molar-refractivity contribution in [2.75, 3.05) is 0 Å². The molecule has 0 bridgehead atoms. The van der Waals surface area contributed by atoms with Crippen molar-refractivity contribution in [1.82, 2.24) is 0 Å². The van der Waals surface area contributed by atoms with Gasteiger partial charge in [-0.3, -0.25) is 0 Å². The van der Waals surface area contributed by atoms with Crippen LogP contribution in [0.3, 0.4) is 0 Å². The van der Waals surface area contributed by atoms with Crippen LogP contribution < -0.4 is 0 Å². The third-order valence-electron chi connectivity index (χ3n) is 4.58. The summed E-state index contributed by atoms with van der Waals surface area (Å²) in [6, 6.07) is 20.7. The van der Waals surface area contributed by atoms with Crippen molar-refractivity contribution in [2.24, 2.45) is 0 Å². The van der Waals surface area contributed by atoms with E-state index in [0.29, 0.717) is 0 Å². The predicted octanol–water partition coefficient (Wildman–Crippen LogP) is 4.25. The summed E-state index contributed by atoms with van der Waals surface area (Å²) in [5.74, 6) is -0.734. The van der Waals surface area contributed by atoms with Gasteiger partial charge in [0.1, 0.15) is 0 Å². The monoisotopic (exact) mass is 280 g/mol. The van der Waals surface area contributed by atoms with Gasteiger partial charge in [0.25, 0.3) is 0 Å². The van der Waals surface area contributed by atoms with E-state index in [-0.39, 0.29) is 12.2 Å². The Bertz CT molecular complexity index is 538. The minimum absolute atomic E-state index is 0.221. The molecule has 2 aromatic rings. The fourth-order valence-electron chi connectivity index (χ4n) is 3.54. The van der Waals surface area contributed by atoms with Gasteiger partial charge >= 0.3 is 0 Å². The van der Waals surface area contributed by atoms with Crippen molar-refractivity contribution in [1.29, 1.82) is 0 Å². The first-order valence-electron chi connectivity index (χ1n) is 7.85. The third kappa shape index (κ3) is 2.19. The molecule has 2 fully saturated rings. The molecule has 2 atom stereocenters. The summed E-state index contributed by atoms with van der Waals surface area (Å²) in [5, 5.41) is 0. The number of ether oxygens (including phenoxy) is 2. The van der Waals surface area contributed by atoms with Gasteiger partial charge in [-0.2, -0.15) is 0 Å². The highest BCUT2D eigenvalue weighted by atomic mass is 16.8. The predicted molar refractivity (Wildman–Crippen MR) is 81.9 cm³/mol. The lowest BCUT2D eigenvalue weighted by atomic mass is 9.95. The first-order valence-corrected chi connectivity index (χ1v) is 7.85. The molecule has 0 N–H and O–H groups in total. The fourth-order valence-corrected chi connectivity index (χ4v) is 3.54. The fraction of sp³-hybridized carbons (Fsp3) is 0.368. The van der Waals surface area contributed by atoms with E-state index in [1.54, 1.807) is 0 Å². The average Bonchev–Trinajstić information content (AvgIpc) is 2.97. The van der Waals surface area contributed by atoms with Gasteiger partial charge in [-0.1, -0.05) is 73.5 Å². The number of rotatable bonds is 2.